The van der Waals surface area contributed by atoms with Gasteiger partial charge in [0.15, 0.2) is 0 Å². The standard InChI is InChI=1S/C56H32N6/c57-33-36-21-25-39(26-22-36)41-11-1-3-13-43(41)45-15-5-6-16-46(45)44-14-4-2-12-42(44)40-31-55(61-51-19-9-7-17-47(51)48-18-8-10-20-52(48)61)60-56(32-40)62-53-27-23-37(34-58)29-49(53)50-30-38(35-59)24-28-54(50)62/h1-32H. The third-order valence-electron chi connectivity index (χ3n) is 11.9. The van der Waals surface area contributed by atoms with Crippen LogP contribution in [0.5, 0.6) is 0 Å². The van der Waals surface area contributed by atoms with Crippen LogP contribution in [0.25, 0.3) is 99.8 Å². The van der Waals surface area contributed by atoms with Crippen molar-refractivity contribution in [2.24, 2.45) is 0 Å². The van der Waals surface area contributed by atoms with Crippen molar-refractivity contribution in [3.63, 3.8) is 0 Å². The van der Waals surface area contributed by atoms with Crippen LogP contribution < -0.4 is 0 Å². The molecule has 0 N–H and O–H groups in total. The van der Waals surface area contributed by atoms with E-state index in [1.165, 1.54) is 0 Å². The fourth-order valence-corrected chi connectivity index (χ4v) is 9.08. The first-order valence-electron chi connectivity index (χ1n) is 20.3. The highest BCUT2D eigenvalue weighted by molar-refractivity contribution is 6.11. The van der Waals surface area contributed by atoms with Crippen molar-refractivity contribution in [3.8, 4) is 74.4 Å². The molecule has 0 saturated heterocycles. The van der Waals surface area contributed by atoms with Crippen LogP contribution in [0.2, 0.25) is 0 Å². The minimum absolute atomic E-state index is 0.542. The minimum atomic E-state index is 0.542. The van der Waals surface area contributed by atoms with Gasteiger partial charge >= 0.3 is 0 Å². The van der Waals surface area contributed by atoms with Gasteiger partial charge in [0.05, 0.1) is 57.0 Å². The Kier molecular flexibility index (Phi) is 8.54. The first kappa shape index (κ1) is 36.1. The van der Waals surface area contributed by atoms with E-state index in [1.54, 1.807) is 0 Å². The van der Waals surface area contributed by atoms with Crippen LogP contribution in [-0.2, 0) is 0 Å². The van der Waals surface area contributed by atoms with Gasteiger partial charge in [-0.25, -0.2) is 4.98 Å². The normalized spacial score (nSPS) is 11.2. The Bertz CT molecular complexity index is 3610. The maximum absolute atomic E-state index is 9.94. The minimum Gasteiger partial charge on any atom is -0.294 e. The summed E-state index contributed by atoms with van der Waals surface area (Å²) in [6.07, 6.45) is 0. The molecule has 3 aromatic heterocycles. The Labute approximate surface area is 357 Å². The molecule has 0 spiro atoms. The summed E-state index contributed by atoms with van der Waals surface area (Å²) in [6.45, 7) is 0. The van der Waals surface area contributed by atoms with Gasteiger partial charge in [-0.3, -0.25) is 9.13 Å². The lowest BCUT2D eigenvalue weighted by Gasteiger charge is -2.19. The molecule has 8 aromatic carbocycles. The number of hydrogen-bond donors (Lipinski definition) is 0. The topological polar surface area (TPSA) is 94.1 Å². The van der Waals surface area contributed by atoms with Crippen LogP contribution in [0.1, 0.15) is 16.7 Å². The second-order valence-corrected chi connectivity index (χ2v) is 15.3. The Balaban J connectivity index is 1.20. The van der Waals surface area contributed by atoms with E-state index in [0.717, 1.165) is 93.9 Å². The second kappa shape index (κ2) is 14.7. The van der Waals surface area contributed by atoms with E-state index in [-0.39, 0.29) is 0 Å². The molecular weight excluding hydrogens is 757 g/mol. The van der Waals surface area contributed by atoms with Gasteiger partial charge in [0.25, 0.3) is 0 Å². The molecule has 0 atom stereocenters. The van der Waals surface area contributed by atoms with Gasteiger partial charge in [0.1, 0.15) is 11.6 Å². The van der Waals surface area contributed by atoms with Crippen molar-refractivity contribution in [1.29, 1.82) is 15.8 Å². The Morgan fingerprint density at radius 3 is 1.11 bits per heavy atom. The Hall–Kier alpha value is -9.02. The Morgan fingerprint density at radius 2 is 0.661 bits per heavy atom. The molecule has 286 valence electrons. The molecule has 3 heterocycles. The number of rotatable bonds is 6. The quantitative estimate of drug-likeness (QED) is 0.168. The third kappa shape index (κ3) is 5.82. The molecule has 0 aliphatic rings. The molecule has 0 aliphatic heterocycles. The number of nitrogens with zero attached hydrogens (tertiary/aromatic N) is 6. The lowest BCUT2D eigenvalue weighted by molar-refractivity contribution is 1.01. The summed E-state index contributed by atoms with van der Waals surface area (Å²) >= 11 is 0. The van der Waals surface area contributed by atoms with Crippen molar-refractivity contribution < 1.29 is 0 Å². The molecule has 6 nitrogen and oxygen atoms in total. The van der Waals surface area contributed by atoms with E-state index in [0.29, 0.717) is 22.5 Å². The molecule has 0 bridgehead atoms. The molecule has 0 amide bonds. The number of benzene rings is 8. The molecule has 0 fully saturated rings. The maximum Gasteiger partial charge on any atom is 0.140 e. The SMILES string of the molecule is N#Cc1ccc(-c2ccccc2-c2ccccc2-c2ccccc2-c2cc(-n3c4ccccc4c4ccccc43)nc(-n3c4ccc(C#N)cc4c4cc(C#N)ccc43)c2)cc1. The molecule has 11 rings (SSSR count). The van der Waals surface area contributed by atoms with Crippen LogP contribution in [0.4, 0.5) is 0 Å². The van der Waals surface area contributed by atoms with Gasteiger partial charge in [-0.2, -0.15) is 15.8 Å². The predicted octanol–water partition coefficient (Wildman–Crippen LogP) is 13.6. The summed E-state index contributed by atoms with van der Waals surface area (Å²) in [5.41, 5.74) is 14.0. The van der Waals surface area contributed by atoms with E-state index in [9.17, 15) is 15.8 Å². The van der Waals surface area contributed by atoms with Crippen molar-refractivity contribution in [3.05, 3.63) is 211 Å². The number of hydrogen-bond acceptors (Lipinski definition) is 4. The largest absolute Gasteiger partial charge is 0.294 e. The molecule has 0 radical (unpaired) electrons. The predicted molar refractivity (Wildman–Crippen MR) is 249 cm³/mol. The number of para-hydroxylation sites is 2. The first-order valence-corrected chi connectivity index (χ1v) is 20.3. The fraction of sp³-hybridized carbons (Fsp3) is 0. The second-order valence-electron chi connectivity index (χ2n) is 15.3. The van der Waals surface area contributed by atoms with Crippen molar-refractivity contribution in [2.75, 3.05) is 0 Å². The van der Waals surface area contributed by atoms with E-state index in [2.05, 4.69) is 161 Å². The number of pyridine rings is 1. The molecule has 0 aliphatic carbocycles. The van der Waals surface area contributed by atoms with E-state index in [1.807, 2.05) is 60.7 Å². The summed E-state index contributed by atoms with van der Waals surface area (Å²) < 4.78 is 4.40. The van der Waals surface area contributed by atoms with Crippen molar-refractivity contribution in [2.45, 2.75) is 0 Å². The lowest BCUT2D eigenvalue weighted by Crippen LogP contribution is -2.04. The Morgan fingerprint density at radius 1 is 0.306 bits per heavy atom. The third-order valence-corrected chi connectivity index (χ3v) is 11.9. The highest BCUT2D eigenvalue weighted by Crippen LogP contribution is 2.43. The van der Waals surface area contributed by atoms with Crippen LogP contribution in [0.15, 0.2) is 194 Å². The number of fused-ring (bicyclic) bond motifs is 6. The molecule has 0 unspecified atom stereocenters. The van der Waals surface area contributed by atoms with Gasteiger partial charge in [0.2, 0.25) is 0 Å². The van der Waals surface area contributed by atoms with Crippen molar-refractivity contribution in [1.82, 2.24) is 14.1 Å². The number of nitriles is 3. The summed E-state index contributed by atoms with van der Waals surface area (Å²) in [5.74, 6) is 1.45. The van der Waals surface area contributed by atoms with Crippen LogP contribution >= 0.6 is 0 Å². The molecular formula is C56H32N6. The van der Waals surface area contributed by atoms with Crippen LogP contribution in [0.3, 0.4) is 0 Å². The first-order chi connectivity index (χ1) is 30.6. The summed E-state index contributed by atoms with van der Waals surface area (Å²) in [6, 6.07) is 72.8. The fourth-order valence-electron chi connectivity index (χ4n) is 9.08. The average molecular weight is 789 g/mol. The van der Waals surface area contributed by atoms with Crippen molar-refractivity contribution >= 4 is 43.6 Å². The molecule has 6 heteroatoms. The zero-order valence-electron chi connectivity index (χ0n) is 33.2. The summed E-state index contributed by atoms with van der Waals surface area (Å²) in [5, 5.41) is 33.4. The van der Waals surface area contributed by atoms with Crippen LogP contribution in [0, 0.1) is 34.0 Å². The van der Waals surface area contributed by atoms with Gasteiger partial charge in [-0.1, -0.05) is 121 Å². The van der Waals surface area contributed by atoms with E-state index in [4.69, 9.17) is 4.98 Å². The van der Waals surface area contributed by atoms with Gasteiger partial charge in [-0.05, 0) is 117 Å². The smallest absolute Gasteiger partial charge is 0.140 e. The average Bonchev–Trinajstić information content (AvgIpc) is 3.86. The highest BCUT2D eigenvalue weighted by atomic mass is 15.1. The van der Waals surface area contributed by atoms with E-state index >= 15 is 0 Å². The summed E-state index contributed by atoms with van der Waals surface area (Å²) in [7, 11) is 0. The van der Waals surface area contributed by atoms with E-state index < -0.39 is 0 Å². The molecule has 0 saturated carbocycles. The van der Waals surface area contributed by atoms with Gasteiger partial charge in [0, 0.05) is 21.5 Å². The zero-order valence-corrected chi connectivity index (χ0v) is 33.2. The van der Waals surface area contributed by atoms with Crippen LogP contribution in [-0.4, -0.2) is 14.1 Å². The number of aromatic nitrogens is 3. The van der Waals surface area contributed by atoms with Gasteiger partial charge in [-0.15, -0.1) is 0 Å². The monoisotopic (exact) mass is 788 g/mol. The highest BCUT2D eigenvalue weighted by Gasteiger charge is 2.21. The molecule has 62 heavy (non-hydrogen) atoms. The molecule has 11 aromatic rings. The maximum atomic E-state index is 9.94. The zero-order chi connectivity index (χ0) is 41.7. The lowest BCUT2D eigenvalue weighted by atomic mass is 9.86. The summed E-state index contributed by atoms with van der Waals surface area (Å²) in [4.78, 5) is 5.53. The van der Waals surface area contributed by atoms with Gasteiger partial charge < -0.3 is 0 Å².